The summed E-state index contributed by atoms with van der Waals surface area (Å²) < 4.78 is 7.32. The average molecular weight is 530 g/mol. The van der Waals surface area contributed by atoms with Crippen LogP contribution >= 0.6 is 0 Å². The number of aromatic nitrogens is 5. The molecule has 1 saturated heterocycles. The van der Waals surface area contributed by atoms with E-state index in [0.717, 1.165) is 44.0 Å². The molecule has 0 aliphatic carbocycles. The highest BCUT2D eigenvalue weighted by Crippen LogP contribution is 2.27. The molecule has 12 nitrogen and oxygen atoms in total. The zero-order valence-electron chi connectivity index (χ0n) is 23.1. The van der Waals surface area contributed by atoms with Crippen molar-refractivity contribution in [2.45, 2.75) is 58.6 Å². The molecule has 0 unspecified atom stereocenters. The fraction of sp³-hybridized carbons (Fsp3) is 0.615. The van der Waals surface area contributed by atoms with Gasteiger partial charge >= 0.3 is 0 Å². The zero-order chi connectivity index (χ0) is 27.7. The molecule has 3 aromatic heterocycles. The van der Waals surface area contributed by atoms with Crippen molar-refractivity contribution in [2.75, 3.05) is 62.8 Å². The highest BCUT2D eigenvalue weighted by molar-refractivity contribution is 5.85. The first-order chi connectivity index (χ1) is 18.1. The van der Waals surface area contributed by atoms with Crippen molar-refractivity contribution in [1.82, 2.24) is 29.6 Å². The van der Waals surface area contributed by atoms with Crippen molar-refractivity contribution in [2.24, 2.45) is 0 Å². The molecule has 0 saturated carbocycles. The van der Waals surface area contributed by atoms with E-state index < -0.39 is 5.60 Å². The number of hydrogen-bond donors (Lipinski definition) is 4. The first-order valence-electron chi connectivity index (χ1n) is 13.2. The number of nitrogens with zero attached hydrogens (tertiary/aromatic N) is 7. The third-order valence-electron chi connectivity index (χ3n) is 6.33. The maximum absolute atomic E-state index is 10.0. The van der Waals surface area contributed by atoms with E-state index in [2.05, 4.69) is 36.8 Å². The van der Waals surface area contributed by atoms with Gasteiger partial charge in [-0.1, -0.05) is 26.2 Å². The van der Waals surface area contributed by atoms with E-state index in [1.54, 1.807) is 18.0 Å². The fourth-order valence-corrected chi connectivity index (χ4v) is 4.49. The lowest BCUT2D eigenvalue weighted by atomic mass is 10.1. The molecule has 6 N–H and O–H groups in total. The van der Waals surface area contributed by atoms with Gasteiger partial charge in [-0.25, -0.2) is 4.98 Å². The monoisotopic (exact) mass is 529 g/mol. The van der Waals surface area contributed by atoms with Crippen LogP contribution in [0.4, 0.5) is 17.5 Å². The van der Waals surface area contributed by atoms with Gasteiger partial charge in [0.1, 0.15) is 22.5 Å². The van der Waals surface area contributed by atoms with Crippen molar-refractivity contribution in [3.63, 3.8) is 0 Å². The quantitative estimate of drug-likeness (QED) is 0.283. The molecule has 1 aliphatic rings. The Bertz CT molecular complexity index is 1150. The Labute approximate surface area is 224 Å². The van der Waals surface area contributed by atoms with Crippen LogP contribution in [0.3, 0.4) is 0 Å². The van der Waals surface area contributed by atoms with Crippen LogP contribution in [-0.2, 0) is 6.54 Å². The summed E-state index contributed by atoms with van der Waals surface area (Å²) >= 11 is 0. The van der Waals surface area contributed by atoms with Crippen LogP contribution < -0.4 is 21.1 Å². The Morgan fingerprint density at radius 2 is 1.79 bits per heavy atom. The first kappa shape index (κ1) is 29.3. The van der Waals surface area contributed by atoms with E-state index >= 15 is 0 Å². The second kappa shape index (κ2) is 13.5. The van der Waals surface area contributed by atoms with Crippen molar-refractivity contribution in [1.29, 1.82) is 0 Å². The van der Waals surface area contributed by atoms with Crippen LogP contribution in [0.1, 0.15) is 52.1 Å². The van der Waals surface area contributed by atoms with Gasteiger partial charge in [0.05, 0.1) is 37.3 Å². The molecule has 4 rings (SSSR count). The van der Waals surface area contributed by atoms with E-state index in [1.807, 2.05) is 26.1 Å². The minimum Gasteiger partial charge on any atom is -0.495 e. The number of unbranched alkanes of at least 4 members (excludes halogenated alkanes) is 3. The Balaban J connectivity index is 0.000000505. The summed E-state index contributed by atoms with van der Waals surface area (Å²) in [7, 11) is 1.63. The third-order valence-corrected chi connectivity index (χ3v) is 6.33. The second-order valence-corrected chi connectivity index (χ2v) is 10.2. The SMILES string of the molecule is CCCCCCO.COc1cc(N2CCN(CC(C)(C)O)CC2)cnc1Cn1ncc2nc(N)nc(N)c21. The van der Waals surface area contributed by atoms with E-state index in [9.17, 15) is 5.11 Å². The highest BCUT2D eigenvalue weighted by Gasteiger charge is 2.23. The summed E-state index contributed by atoms with van der Waals surface area (Å²) in [5, 5.41) is 22.7. The van der Waals surface area contributed by atoms with E-state index in [4.69, 9.17) is 21.3 Å². The Morgan fingerprint density at radius 3 is 2.42 bits per heavy atom. The normalized spacial score (nSPS) is 14.4. The van der Waals surface area contributed by atoms with Gasteiger partial charge in [-0.15, -0.1) is 0 Å². The summed E-state index contributed by atoms with van der Waals surface area (Å²) in [5.41, 5.74) is 13.9. The molecule has 0 bridgehead atoms. The third kappa shape index (κ3) is 8.14. The summed E-state index contributed by atoms with van der Waals surface area (Å²) in [6.45, 7) is 10.7. The Morgan fingerprint density at radius 1 is 1.05 bits per heavy atom. The van der Waals surface area contributed by atoms with Crippen LogP contribution in [-0.4, -0.2) is 91.9 Å². The van der Waals surface area contributed by atoms with Crippen molar-refractivity contribution >= 4 is 28.5 Å². The molecule has 0 aromatic carbocycles. The number of piperazine rings is 1. The number of pyridine rings is 1. The molecule has 1 fully saturated rings. The number of aliphatic hydroxyl groups is 2. The number of β-amino-alcohol motifs (C(OH)–C–C–N with tert-alkyl or cyclic N) is 1. The van der Waals surface area contributed by atoms with Crippen LogP contribution in [0.25, 0.3) is 11.0 Å². The van der Waals surface area contributed by atoms with Crippen molar-refractivity contribution in [3.8, 4) is 5.75 Å². The number of rotatable bonds is 10. The minimum absolute atomic E-state index is 0.118. The van der Waals surface area contributed by atoms with E-state index in [1.165, 1.54) is 19.3 Å². The maximum Gasteiger partial charge on any atom is 0.222 e. The summed E-state index contributed by atoms with van der Waals surface area (Å²) in [5.74, 6) is 1.07. The number of aliphatic hydroxyl groups excluding tert-OH is 1. The lowest BCUT2D eigenvalue weighted by Crippen LogP contribution is -2.50. The lowest BCUT2D eigenvalue weighted by molar-refractivity contribution is 0.0345. The van der Waals surface area contributed by atoms with Crippen LogP contribution in [0, 0.1) is 0 Å². The number of fused-ring (bicyclic) bond motifs is 1. The second-order valence-electron chi connectivity index (χ2n) is 10.2. The van der Waals surface area contributed by atoms with E-state index in [-0.39, 0.29) is 11.8 Å². The number of nitrogen functional groups attached to an aromatic ring is 2. The molecule has 210 valence electrons. The van der Waals surface area contributed by atoms with E-state index in [0.29, 0.717) is 36.5 Å². The van der Waals surface area contributed by atoms with Gasteiger partial charge in [-0.2, -0.15) is 10.1 Å². The molecule has 0 atom stereocenters. The maximum atomic E-state index is 10.0. The number of anilines is 3. The molecule has 3 aromatic rings. The number of ether oxygens (including phenoxy) is 1. The standard InChI is InChI=1S/C20H29N9O2.C6H14O/c1-20(2,30)12-27-4-6-28(7-5-27)13-8-16(31-3)15(23-9-13)11-29-17-14(10-24-29)25-19(22)26-18(17)21;1-2-3-4-5-6-7/h8-10,30H,4-7,11-12H2,1-3H3,(H4,21,22,25,26);7H,2-6H2,1H3. The smallest absolute Gasteiger partial charge is 0.222 e. The number of methoxy groups -OCH3 is 1. The molecule has 0 spiro atoms. The predicted molar refractivity (Wildman–Crippen MR) is 150 cm³/mol. The topological polar surface area (TPSA) is 165 Å². The fourth-order valence-electron chi connectivity index (χ4n) is 4.49. The number of nitrogens with two attached hydrogens (primary N) is 2. The highest BCUT2D eigenvalue weighted by atomic mass is 16.5. The molecular weight excluding hydrogens is 486 g/mol. The number of hydrogen-bond acceptors (Lipinski definition) is 11. The van der Waals surface area contributed by atoms with Crippen LogP contribution in [0.5, 0.6) is 5.75 Å². The molecule has 12 heteroatoms. The molecule has 0 amide bonds. The molecular formula is C26H43N9O3. The molecule has 1 aliphatic heterocycles. The first-order valence-corrected chi connectivity index (χ1v) is 13.2. The van der Waals surface area contributed by atoms with Gasteiger partial charge < -0.3 is 31.3 Å². The zero-order valence-corrected chi connectivity index (χ0v) is 23.1. The van der Waals surface area contributed by atoms with Gasteiger partial charge in [0, 0.05) is 45.4 Å². The van der Waals surface area contributed by atoms with Gasteiger partial charge in [0.15, 0.2) is 5.82 Å². The van der Waals surface area contributed by atoms with Gasteiger partial charge in [0.25, 0.3) is 0 Å². The molecule has 38 heavy (non-hydrogen) atoms. The largest absolute Gasteiger partial charge is 0.495 e. The minimum atomic E-state index is -0.689. The Kier molecular flexibility index (Phi) is 10.5. The summed E-state index contributed by atoms with van der Waals surface area (Å²) in [4.78, 5) is 17.4. The van der Waals surface area contributed by atoms with Crippen LogP contribution in [0.15, 0.2) is 18.5 Å². The summed E-state index contributed by atoms with van der Waals surface area (Å²) in [6, 6.07) is 2.00. The van der Waals surface area contributed by atoms with Crippen LogP contribution in [0.2, 0.25) is 0 Å². The van der Waals surface area contributed by atoms with Gasteiger partial charge in [-0.3, -0.25) is 14.6 Å². The van der Waals surface area contributed by atoms with Gasteiger partial charge in [-0.05, 0) is 20.3 Å². The average Bonchev–Trinajstić information content (AvgIpc) is 3.27. The molecule has 0 radical (unpaired) electrons. The summed E-state index contributed by atoms with van der Waals surface area (Å²) in [6.07, 6.45) is 8.14. The predicted octanol–water partition coefficient (Wildman–Crippen LogP) is 1.89. The molecule has 4 heterocycles. The Hall–Kier alpha value is -3.22. The van der Waals surface area contributed by atoms with Gasteiger partial charge in [0.2, 0.25) is 5.95 Å². The van der Waals surface area contributed by atoms with Crippen molar-refractivity contribution in [3.05, 3.63) is 24.2 Å². The lowest BCUT2D eigenvalue weighted by Gasteiger charge is -2.38. The van der Waals surface area contributed by atoms with Crippen molar-refractivity contribution < 1.29 is 14.9 Å².